The van der Waals surface area contributed by atoms with Crippen LogP contribution in [0.1, 0.15) is 5.56 Å². The molecule has 0 saturated heterocycles. The normalized spacial score (nSPS) is 10.7. The Balaban J connectivity index is 1.52. The van der Waals surface area contributed by atoms with Crippen LogP contribution in [0.15, 0.2) is 53.7 Å². The van der Waals surface area contributed by atoms with Gasteiger partial charge in [0, 0.05) is 5.75 Å². The molecule has 0 spiro atoms. The Morgan fingerprint density at radius 1 is 1.13 bits per heavy atom. The number of aromatic amines is 1. The molecule has 1 aromatic heterocycles. The first-order valence-electron chi connectivity index (χ1n) is 7.22. The zero-order valence-electron chi connectivity index (χ0n) is 12.6. The van der Waals surface area contributed by atoms with E-state index in [1.54, 1.807) is 18.2 Å². The highest BCUT2D eigenvalue weighted by atomic mass is 32.2. The van der Waals surface area contributed by atoms with E-state index in [0.717, 1.165) is 5.75 Å². The predicted molar refractivity (Wildman–Crippen MR) is 89.2 cm³/mol. The fourth-order valence-corrected chi connectivity index (χ4v) is 2.63. The molecule has 0 unspecified atom stereocenters. The molecule has 1 heterocycles. The second-order valence-corrected chi connectivity index (χ2v) is 6.02. The number of aryl methyl sites for hydroxylation is 1. The van der Waals surface area contributed by atoms with Crippen molar-refractivity contribution in [2.24, 2.45) is 0 Å². The molecule has 0 radical (unpaired) electrons. The summed E-state index contributed by atoms with van der Waals surface area (Å²) in [6.45, 7) is 2.59. The fourth-order valence-electron chi connectivity index (χ4n) is 2.01. The van der Waals surface area contributed by atoms with Gasteiger partial charge in [-0.25, -0.2) is 9.37 Å². The minimum absolute atomic E-state index is 0.317. The van der Waals surface area contributed by atoms with Gasteiger partial charge in [0.15, 0.2) is 5.82 Å². The minimum atomic E-state index is -0.317. The van der Waals surface area contributed by atoms with E-state index < -0.39 is 0 Å². The van der Waals surface area contributed by atoms with Crippen molar-refractivity contribution in [3.05, 3.63) is 59.9 Å². The van der Waals surface area contributed by atoms with Crippen molar-refractivity contribution < 1.29 is 9.13 Å². The molecule has 1 N–H and O–H groups in total. The van der Waals surface area contributed by atoms with Gasteiger partial charge in [-0.05, 0) is 31.2 Å². The topological polar surface area (TPSA) is 50.8 Å². The smallest absolute Gasteiger partial charge is 0.208 e. The first-order valence-corrected chi connectivity index (χ1v) is 8.20. The minimum Gasteiger partial charge on any atom is -0.493 e. The highest BCUT2D eigenvalue weighted by Crippen LogP contribution is 2.21. The highest BCUT2D eigenvalue weighted by Gasteiger charge is 2.09. The SMILES string of the molecule is Cc1ccc(OCCSc2n[nH]c(-c3ccccc3F)n2)cc1. The third-order valence-electron chi connectivity index (χ3n) is 3.20. The van der Waals surface area contributed by atoms with Crippen LogP contribution in [-0.4, -0.2) is 27.5 Å². The summed E-state index contributed by atoms with van der Waals surface area (Å²) in [7, 11) is 0. The number of rotatable bonds is 6. The first-order chi connectivity index (χ1) is 11.2. The van der Waals surface area contributed by atoms with Gasteiger partial charge in [-0.15, -0.1) is 5.10 Å². The third kappa shape index (κ3) is 4.10. The lowest BCUT2D eigenvalue weighted by atomic mass is 10.2. The lowest BCUT2D eigenvalue weighted by Gasteiger charge is -2.04. The standard InChI is InChI=1S/C17H16FN3OS/c1-12-6-8-13(9-7-12)22-10-11-23-17-19-16(20-21-17)14-4-2-3-5-15(14)18/h2-9H,10-11H2,1H3,(H,19,20,21). The molecule has 0 aliphatic rings. The second-order valence-electron chi connectivity index (χ2n) is 4.96. The van der Waals surface area contributed by atoms with Crippen molar-refractivity contribution in [3.8, 4) is 17.1 Å². The number of thioether (sulfide) groups is 1. The van der Waals surface area contributed by atoms with Crippen LogP contribution in [0.2, 0.25) is 0 Å². The maximum Gasteiger partial charge on any atom is 0.208 e. The fraction of sp³-hybridized carbons (Fsp3) is 0.176. The largest absolute Gasteiger partial charge is 0.493 e. The van der Waals surface area contributed by atoms with Gasteiger partial charge in [0.05, 0.1) is 12.2 Å². The molecule has 0 amide bonds. The Morgan fingerprint density at radius 2 is 1.91 bits per heavy atom. The van der Waals surface area contributed by atoms with Gasteiger partial charge >= 0.3 is 0 Å². The number of aromatic nitrogens is 3. The summed E-state index contributed by atoms with van der Waals surface area (Å²) >= 11 is 1.46. The molecule has 4 nitrogen and oxygen atoms in total. The van der Waals surface area contributed by atoms with Crippen molar-refractivity contribution in [1.29, 1.82) is 0 Å². The van der Waals surface area contributed by atoms with E-state index in [2.05, 4.69) is 15.2 Å². The molecule has 6 heteroatoms. The van der Waals surface area contributed by atoms with Gasteiger partial charge in [-0.2, -0.15) is 0 Å². The number of hydrogen-bond donors (Lipinski definition) is 1. The molecular weight excluding hydrogens is 313 g/mol. The summed E-state index contributed by atoms with van der Waals surface area (Å²) in [4.78, 5) is 4.30. The molecule has 118 valence electrons. The Bertz CT molecular complexity index is 774. The number of H-pyrrole nitrogens is 1. The predicted octanol–water partition coefficient (Wildman–Crippen LogP) is 4.09. The molecule has 0 aliphatic carbocycles. The molecule has 0 atom stereocenters. The van der Waals surface area contributed by atoms with Crippen LogP contribution in [0.5, 0.6) is 5.75 Å². The van der Waals surface area contributed by atoms with Crippen LogP contribution < -0.4 is 4.74 Å². The summed E-state index contributed by atoms with van der Waals surface area (Å²) in [5, 5.41) is 7.44. The molecule has 2 aromatic carbocycles. The lowest BCUT2D eigenvalue weighted by Crippen LogP contribution is -2.00. The molecular formula is C17H16FN3OS. The van der Waals surface area contributed by atoms with Crippen LogP contribution in [-0.2, 0) is 0 Å². The van der Waals surface area contributed by atoms with Gasteiger partial charge in [0.2, 0.25) is 5.16 Å². The summed E-state index contributed by atoms with van der Waals surface area (Å²) < 4.78 is 19.3. The molecule has 0 aliphatic heterocycles. The number of ether oxygens (including phenoxy) is 1. The van der Waals surface area contributed by atoms with Gasteiger partial charge < -0.3 is 4.74 Å². The van der Waals surface area contributed by atoms with Crippen LogP contribution in [0.3, 0.4) is 0 Å². The Morgan fingerprint density at radius 3 is 2.70 bits per heavy atom. The van der Waals surface area contributed by atoms with Crippen molar-refractivity contribution in [3.63, 3.8) is 0 Å². The van der Waals surface area contributed by atoms with Crippen LogP contribution in [0.25, 0.3) is 11.4 Å². The highest BCUT2D eigenvalue weighted by molar-refractivity contribution is 7.99. The number of nitrogens with one attached hydrogen (secondary N) is 1. The Kier molecular flexibility index (Phi) is 4.92. The number of hydrogen-bond acceptors (Lipinski definition) is 4. The van der Waals surface area contributed by atoms with E-state index in [1.165, 1.54) is 23.4 Å². The van der Waals surface area contributed by atoms with Crippen LogP contribution in [0, 0.1) is 12.7 Å². The summed E-state index contributed by atoms with van der Waals surface area (Å²) in [5.74, 6) is 1.67. The van der Waals surface area contributed by atoms with Gasteiger partial charge in [-0.1, -0.05) is 41.6 Å². The quantitative estimate of drug-likeness (QED) is 0.547. The monoisotopic (exact) mass is 329 g/mol. The van der Waals surface area contributed by atoms with E-state index in [0.29, 0.717) is 28.9 Å². The molecule has 3 aromatic rings. The van der Waals surface area contributed by atoms with E-state index in [1.807, 2.05) is 31.2 Å². The zero-order chi connectivity index (χ0) is 16.1. The first kappa shape index (κ1) is 15.6. The van der Waals surface area contributed by atoms with Crippen LogP contribution in [0.4, 0.5) is 4.39 Å². The Hall–Kier alpha value is -2.34. The molecule has 3 rings (SSSR count). The number of benzene rings is 2. The summed E-state index contributed by atoms with van der Waals surface area (Å²) in [6.07, 6.45) is 0. The number of halogens is 1. The van der Waals surface area contributed by atoms with E-state index >= 15 is 0 Å². The maximum absolute atomic E-state index is 13.7. The zero-order valence-corrected chi connectivity index (χ0v) is 13.4. The third-order valence-corrected chi connectivity index (χ3v) is 4.01. The molecule has 0 saturated carbocycles. The van der Waals surface area contributed by atoms with Gasteiger partial charge in [0.25, 0.3) is 0 Å². The molecule has 0 fully saturated rings. The van der Waals surface area contributed by atoms with E-state index in [-0.39, 0.29) is 5.82 Å². The molecule has 23 heavy (non-hydrogen) atoms. The summed E-state index contributed by atoms with van der Waals surface area (Å²) in [5.41, 5.74) is 1.62. The van der Waals surface area contributed by atoms with E-state index in [4.69, 9.17) is 4.74 Å². The Labute approximate surface area is 138 Å². The van der Waals surface area contributed by atoms with Crippen molar-refractivity contribution in [2.45, 2.75) is 12.1 Å². The van der Waals surface area contributed by atoms with Crippen molar-refractivity contribution >= 4 is 11.8 Å². The maximum atomic E-state index is 13.7. The van der Waals surface area contributed by atoms with E-state index in [9.17, 15) is 4.39 Å². The van der Waals surface area contributed by atoms with Gasteiger partial charge in [0.1, 0.15) is 11.6 Å². The average Bonchev–Trinajstić information content (AvgIpc) is 3.02. The average molecular weight is 329 g/mol. The lowest BCUT2D eigenvalue weighted by molar-refractivity contribution is 0.344. The van der Waals surface area contributed by atoms with Crippen molar-refractivity contribution in [1.82, 2.24) is 15.2 Å². The summed E-state index contributed by atoms with van der Waals surface area (Å²) in [6, 6.07) is 14.4. The second kappa shape index (κ2) is 7.28. The van der Waals surface area contributed by atoms with Crippen LogP contribution >= 0.6 is 11.8 Å². The van der Waals surface area contributed by atoms with Crippen molar-refractivity contribution in [2.75, 3.05) is 12.4 Å². The van der Waals surface area contributed by atoms with Gasteiger partial charge in [-0.3, -0.25) is 5.10 Å². The molecule has 0 bridgehead atoms. The number of nitrogens with zero attached hydrogens (tertiary/aromatic N) is 2.